The molecular weight excluding hydrogens is 458 g/mol. The molecule has 1 saturated heterocycles. The Balaban J connectivity index is 1.58. The number of H-pyrrole nitrogens is 1. The first kappa shape index (κ1) is 16.7. The van der Waals surface area contributed by atoms with Gasteiger partial charge in [-0.3, -0.25) is 5.10 Å². The maximum Gasteiger partial charge on any atom is 0.154 e. The minimum Gasteiger partial charge on any atom is -0.348 e. The average Bonchev–Trinajstić information content (AvgIpc) is 3.42. The van der Waals surface area contributed by atoms with Crippen LogP contribution in [0.15, 0.2) is 48.9 Å². The second-order valence-corrected chi connectivity index (χ2v) is 7.77. The highest BCUT2D eigenvalue weighted by Crippen LogP contribution is 2.37. The summed E-state index contributed by atoms with van der Waals surface area (Å²) in [5, 5.41) is 11.7. The van der Waals surface area contributed by atoms with Gasteiger partial charge in [-0.25, -0.2) is 13.9 Å². The van der Waals surface area contributed by atoms with E-state index in [4.69, 9.17) is 5.10 Å². The molecule has 0 radical (unpaired) electrons. The van der Waals surface area contributed by atoms with Crippen LogP contribution in [0, 0.1) is 9.39 Å². The van der Waals surface area contributed by atoms with Gasteiger partial charge >= 0.3 is 0 Å². The van der Waals surface area contributed by atoms with Crippen molar-refractivity contribution in [3.63, 3.8) is 0 Å². The van der Waals surface area contributed by atoms with Gasteiger partial charge in [-0.05, 0) is 71.3 Å². The fraction of sp³-hybridized carbons (Fsp3) is 0.211. The van der Waals surface area contributed by atoms with Crippen LogP contribution in [-0.4, -0.2) is 31.3 Å². The van der Waals surface area contributed by atoms with Crippen molar-refractivity contribution in [2.24, 2.45) is 0 Å². The van der Waals surface area contributed by atoms with E-state index < -0.39 is 0 Å². The lowest BCUT2D eigenvalue weighted by atomic mass is 10.0. The molecule has 0 aliphatic carbocycles. The summed E-state index contributed by atoms with van der Waals surface area (Å²) in [6.07, 6.45) is 7.41. The molecule has 27 heavy (non-hydrogen) atoms. The van der Waals surface area contributed by atoms with Gasteiger partial charge in [-0.2, -0.15) is 5.10 Å². The van der Waals surface area contributed by atoms with Gasteiger partial charge in [0.15, 0.2) is 5.65 Å². The number of rotatable bonds is 3. The van der Waals surface area contributed by atoms with Crippen molar-refractivity contribution in [1.29, 1.82) is 0 Å². The van der Waals surface area contributed by atoms with Crippen LogP contribution in [0.3, 0.4) is 0 Å². The minimum absolute atomic E-state index is 0.124. The summed E-state index contributed by atoms with van der Waals surface area (Å²) in [5.41, 5.74) is 3.63. The molecule has 3 aromatic heterocycles. The molecule has 5 rings (SSSR count). The Morgan fingerprint density at radius 3 is 2.96 bits per heavy atom. The molecule has 6 nitrogen and oxygen atoms in total. The lowest BCUT2D eigenvalue weighted by molar-refractivity contribution is 0.616. The molecule has 1 fully saturated rings. The first-order chi connectivity index (χ1) is 13.2. The quantitative estimate of drug-likeness (QED) is 0.453. The third-order valence-corrected chi connectivity index (χ3v) is 5.99. The highest BCUT2D eigenvalue weighted by Gasteiger charge is 2.29. The molecule has 8 heteroatoms. The molecule has 1 N–H and O–H groups in total. The van der Waals surface area contributed by atoms with Crippen molar-refractivity contribution in [2.45, 2.75) is 18.9 Å². The van der Waals surface area contributed by atoms with Crippen LogP contribution < -0.4 is 4.90 Å². The number of nitrogens with one attached hydrogen (secondary N) is 1. The Kier molecular flexibility index (Phi) is 4.07. The minimum atomic E-state index is -0.197. The summed E-state index contributed by atoms with van der Waals surface area (Å²) in [6, 6.07) is 9.09. The molecule has 136 valence electrons. The van der Waals surface area contributed by atoms with Crippen molar-refractivity contribution in [1.82, 2.24) is 24.8 Å². The second-order valence-electron chi connectivity index (χ2n) is 6.61. The van der Waals surface area contributed by atoms with E-state index in [1.54, 1.807) is 18.5 Å². The summed E-state index contributed by atoms with van der Waals surface area (Å²) in [4.78, 5) is 6.69. The third-order valence-electron chi connectivity index (χ3n) is 5.01. The lowest BCUT2D eigenvalue weighted by Crippen LogP contribution is -2.25. The maximum atomic E-state index is 13.8. The van der Waals surface area contributed by atoms with E-state index in [9.17, 15) is 4.39 Å². The van der Waals surface area contributed by atoms with E-state index in [0.29, 0.717) is 0 Å². The van der Waals surface area contributed by atoms with Crippen LogP contribution in [0.4, 0.5) is 10.2 Å². The number of fused-ring (bicyclic) bond motifs is 1. The first-order valence-corrected chi connectivity index (χ1v) is 9.84. The van der Waals surface area contributed by atoms with Crippen molar-refractivity contribution in [3.05, 3.63) is 63.9 Å². The number of nitrogens with zero attached hydrogens (tertiary/aromatic N) is 5. The van der Waals surface area contributed by atoms with E-state index in [2.05, 4.69) is 42.7 Å². The van der Waals surface area contributed by atoms with E-state index >= 15 is 0 Å². The van der Waals surface area contributed by atoms with Gasteiger partial charge in [0.25, 0.3) is 0 Å². The monoisotopic (exact) mass is 474 g/mol. The molecule has 0 spiro atoms. The van der Waals surface area contributed by atoms with Crippen LogP contribution in [0.5, 0.6) is 0 Å². The zero-order valence-electron chi connectivity index (χ0n) is 14.3. The highest BCUT2D eigenvalue weighted by atomic mass is 127. The zero-order chi connectivity index (χ0) is 18.4. The average molecular weight is 474 g/mol. The number of imidazole rings is 1. The lowest BCUT2D eigenvalue weighted by Gasteiger charge is -2.27. The molecule has 1 aliphatic heterocycles. The molecule has 4 heterocycles. The Bertz CT molecular complexity index is 1110. The Morgan fingerprint density at radius 1 is 1.19 bits per heavy atom. The van der Waals surface area contributed by atoms with Crippen molar-refractivity contribution in [2.75, 3.05) is 11.4 Å². The number of hydrogen-bond donors (Lipinski definition) is 1. The van der Waals surface area contributed by atoms with E-state index in [0.717, 1.165) is 51.2 Å². The molecule has 0 amide bonds. The third kappa shape index (κ3) is 2.88. The van der Waals surface area contributed by atoms with Crippen LogP contribution in [0.1, 0.15) is 24.4 Å². The predicted octanol–water partition coefficient (Wildman–Crippen LogP) is 4.20. The maximum absolute atomic E-state index is 13.8. The van der Waals surface area contributed by atoms with Gasteiger partial charge in [-0.15, -0.1) is 5.10 Å². The van der Waals surface area contributed by atoms with Crippen molar-refractivity contribution < 1.29 is 4.39 Å². The van der Waals surface area contributed by atoms with E-state index in [1.807, 2.05) is 28.9 Å². The number of aromatic amines is 1. The van der Waals surface area contributed by atoms with E-state index in [1.165, 1.54) is 6.07 Å². The van der Waals surface area contributed by atoms with Crippen molar-refractivity contribution >= 4 is 34.1 Å². The van der Waals surface area contributed by atoms with Crippen LogP contribution in [0.2, 0.25) is 0 Å². The van der Waals surface area contributed by atoms with E-state index in [-0.39, 0.29) is 11.9 Å². The number of aromatic nitrogens is 5. The Labute approximate surface area is 168 Å². The highest BCUT2D eigenvalue weighted by molar-refractivity contribution is 14.1. The summed E-state index contributed by atoms with van der Waals surface area (Å²) in [7, 11) is 0. The predicted molar refractivity (Wildman–Crippen MR) is 109 cm³/mol. The largest absolute Gasteiger partial charge is 0.348 e. The molecule has 0 saturated carbocycles. The number of anilines is 1. The molecule has 0 bridgehead atoms. The van der Waals surface area contributed by atoms with Crippen LogP contribution in [-0.2, 0) is 0 Å². The Morgan fingerprint density at radius 2 is 2.11 bits per heavy atom. The summed E-state index contributed by atoms with van der Waals surface area (Å²) in [5.74, 6) is 0.672. The molecule has 4 aromatic rings. The summed E-state index contributed by atoms with van der Waals surface area (Å²) in [6.45, 7) is 0.894. The molecule has 1 aliphatic rings. The van der Waals surface area contributed by atoms with Gasteiger partial charge < -0.3 is 4.90 Å². The van der Waals surface area contributed by atoms with Crippen LogP contribution >= 0.6 is 22.6 Å². The zero-order valence-corrected chi connectivity index (χ0v) is 16.5. The fourth-order valence-corrected chi connectivity index (χ4v) is 4.43. The topological polar surface area (TPSA) is 62.1 Å². The summed E-state index contributed by atoms with van der Waals surface area (Å²) >= 11 is 2.28. The van der Waals surface area contributed by atoms with Crippen molar-refractivity contribution in [3.8, 4) is 11.3 Å². The number of halogens is 2. The molecule has 1 aromatic carbocycles. The SMILES string of the molecule is Fc1ccc(I)c(C2CCCN2c2ccc3ncc(-c4cn[nH]c4)n3n2)c1. The van der Waals surface area contributed by atoms with Gasteiger partial charge in [0.05, 0.1) is 24.1 Å². The molecule has 1 atom stereocenters. The van der Waals surface area contributed by atoms with Gasteiger partial charge in [0, 0.05) is 21.9 Å². The van der Waals surface area contributed by atoms with Gasteiger partial charge in [0.1, 0.15) is 11.6 Å². The molecular formula is C19H16FIN6. The van der Waals surface area contributed by atoms with Gasteiger partial charge in [0.2, 0.25) is 0 Å². The normalized spacial score (nSPS) is 17.1. The van der Waals surface area contributed by atoms with Crippen LogP contribution in [0.25, 0.3) is 16.9 Å². The fourth-order valence-electron chi connectivity index (χ4n) is 3.74. The second kappa shape index (κ2) is 6.59. The Hall–Kier alpha value is -2.49. The number of benzene rings is 1. The number of hydrogen-bond acceptors (Lipinski definition) is 4. The smallest absolute Gasteiger partial charge is 0.154 e. The first-order valence-electron chi connectivity index (χ1n) is 8.76. The summed E-state index contributed by atoms with van der Waals surface area (Å²) < 4.78 is 16.8. The molecule has 1 unspecified atom stereocenters. The van der Waals surface area contributed by atoms with Gasteiger partial charge in [-0.1, -0.05) is 0 Å². The standard InChI is InChI=1S/C19H16FIN6/c20-13-3-4-15(21)14(8-13)16-2-1-7-26(16)19-6-5-18-22-11-17(27(18)25-19)12-9-23-24-10-12/h3-6,8-11,16H,1-2,7H2,(H,23,24).